The molecule has 3 heterocycles. The number of nitrogens with zero attached hydrogens (tertiary/aromatic N) is 3. The van der Waals surface area contributed by atoms with Gasteiger partial charge in [-0.1, -0.05) is 6.07 Å². The van der Waals surface area contributed by atoms with E-state index in [1.165, 1.54) is 10.6 Å². The van der Waals surface area contributed by atoms with E-state index in [4.69, 9.17) is 5.73 Å². The molecule has 6 heteroatoms. The van der Waals surface area contributed by atoms with E-state index in [1.54, 1.807) is 11.3 Å². The molecule has 0 radical (unpaired) electrons. The molecule has 18 heavy (non-hydrogen) atoms. The Bertz CT molecular complexity index is 754. The number of thiophene rings is 1. The van der Waals surface area contributed by atoms with Crippen molar-refractivity contribution in [1.29, 1.82) is 0 Å². The van der Waals surface area contributed by atoms with E-state index in [2.05, 4.69) is 5.10 Å². The summed E-state index contributed by atoms with van der Waals surface area (Å²) in [5.41, 5.74) is 7.84. The zero-order valence-corrected chi connectivity index (χ0v) is 10.6. The fourth-order valence-corrected chi connectivity index (χ4v) is 2.64. The van der Waals surface area contributed by atoms with Crippen molar-refractivity contribution in [3.8, 4) is 10.6 Å². The maximum Gasteiger partial charge on any atom is 0.274 e. The van der Waals surface area contributed by atoms with Gasteiger partial charge in [0.15, 0.2) is 0 Å². The van der Waals surface area contributed by atoms with Crippen molar-refractivity contribution in [2.75, 3.05) is 0 Å². The fraction of sp³-hybridized carbons (Fsp3) is 0.167. The number of hydrogen-bond donors (Lipinski definition) is 1. The maximum absolute atomic E-state index is 11.9. The van der Waals surface area contributed by atoms with Crippen molar-refractivity contribution in [3.05, 3.63) is 45.7 Å². The molecule has 3 rings (SSSR count). The maximum atomic E-state index is 11.9. The topological polar surface area (TPSA) is 65.3 Å². The van der Waals surface area contributed by atoms with Gasteiger partial charge in [-0.05, 0) is 11.4 Å². The number of aromatic nitrogens is 3. The Morgan fingerprint density at radius 2 is 2.28 bits per heavy atom. The Morgan fingerprint density at radius 1 is 1.44 bits per heavy atom. The van der Waals surface area contributed by atoms with Crippen molar-refractivity contribution in [2.45, 2.75) is 6.54 Å². The Hall–Kier alpha value is -1.92. The Morgan fingerprint density at radius 3 is 2.94 bits per heavy atom. The van der Waals surface area contributed by atoms with Gasteiger partial charge in [-0.3, -0.25) is 4.79 Å². The average Bonchev–Trinajstić information content (AvgIpc) is 3.00. The lowest BCUT2D eigenvalue weighted by atomic mass is 10.3. The summed E-state index contributed by atoms with van der Waals surface area (Å²) in [4.78, 5) is 13.0. The molecule has 0 atom stereocenters. The number of nitrogens with two attached hydrogens (primary N) is 1. The van der Waals surface area contributed by atoms with Crippen LogP contribution in [0.5, 0.6) is 0 Å². The molecule has 0 saturated heterocycles. The molecule has 0 saturated carbocycles. The van der Waals surface area contributed by atoms with E-state index in [-0.39, 0.29) is 5.56 Å². The fourth-order valence-electron chi connectivity index (χ4n) is 1.96. The Kier molecular flexibility index (Phi) is 2.53. The Labute approximate surface area is 107 Å². The third-order valence-electron chi connectivity index (χ3n) is 2.95. The molecule has 2 N–H and O–H groups in total. The average molecular weight is 260 g/mol. The van der Waals surface area contributed by atoms with Crippen molar-refractivity contribution >= 4 is 17.0 Å². The highest BCUT2D eigenvalue weighted by Crippen LogP contribution is 2.23. The van der Waals surface area contributed by atoms with Gasteiger partial charge >= 0.3 is 0 Å². The van der Waals surface area contributed by atoms with Crippen LogP contribution in [0.3, 0.4) is 0 Å². The van der Waals surface area contributed by atoms with Gasteiger partial charge in [0.25, 0.3) is 5.56 Å². The van der Waals surface area contributed by atoms with Gasteiger partial charge in [0.1, 0.15) is 11.3 Å². The zero-order valence-electron chi connectivity index (χ0n) is 9.83. The van der Waals surface area contributed by atoms with E-state index in [0.717, 1.165) is 21.9 Å². The highest BCUT2D eigenvalue weighted by molar-refractivity contribution is 7.13. The lowest BCUT2D eigenvalue weighted by Gasteiger charge is -2.07. The summed E-state index contributed by atoms with van der Waals surface area (Å²) in [6.45, 7) is 0.335. The first-order valence-corrected chi connectivity index (χ1v) is 6.41. The molecular formula is C12H12N4OS. The molecule has 0 spiro atoms. The number of rotatable bonds is 2. The standard InChI is InChI=1S/C12H12N4OS/c1-15-8(7-13)5-12(17)16-11(15)6-9(14-16)10-3-2-4-18-10/h2-6H,7,13H2,1H3. The largest absolute Gasteiger partial charge is 0.331 e. The lowest BCUT2D eigenvalue weighted by molar-refractivity contribution is 0.766. The summed E-state index contributed by atoms with van der Waals surface area (Å²) in [5.74, 6) is 0. The second-order valence-corrected chi connectivity index (χ2v) is 4.96. The third kappa shape index (κ3) is 1.58. The van der Waals surface area contributed by atoms with Crippen molar-refractivity contribution in [2.24, 2.45) is 12.8 Å². The lowest BCUT2D eigenvalue weighted by Crippen LogP contribution is -2.21. The quantitative estimate of drug-likeness (QED) is 0.753. The molecule has 0 aliphatic rings. The molecule has 0 bridgehead atoms. The SMILES string of the molecule is Cn1c(CN)cc(=O)n2nc(-c3cccs3)cc12. The van der Waals surface area contributed by atoms with Gasteiger partial charge in [0.05, 0.1) is 4.88 Å². The molecule has 0 aromatic carbocycles. The number of aryl methyl sites for hydroxylation is 1. The molecule has 0 amide bonds. The predicted molar refractivity (Wildman–Crippen MR) is 71.6 cm³/mol. The first-order chi connectivity index (χ1) is 8.70. The molecule has 92 valence electrons. The van der Waals surface area contributed by atoms with Crippen LogP contribution in [0.1, 0.15) is 5.69 Å². The molecule has 3 aromatic rings. The molecule has 3 aromatic heterocycles. The first-order valence-electron chi connectivity index (χ1n) is 5.53. The molecule has 0 aliphatic carbocycles. The molecule has 5 nitrogen and oxygen atoms in total. The highest BCUT2D eigenvalue weighted by Gasteiger charge is 2.10. The number of hydrogen-bond acceptors (Lipinski definition) is 4. The minimum atomic E-state index is -0.147. The summed E-state index contributed by atoms with van der Waals surface area (Å²) in [6, 6.07) is 7.39. The van der Waals surface area contributed by atoms with Crippen LogP contribution in [0.2, 0.25) is 0 Å². The summed E-state index contributed by atoms with van der Waals surface area (Å²) in [5, 5.41) is 6.33. The van der Waals surface area contributed by atoms with Crippen LogP contribution in [-0.2, 0) is 13.6 Å². The van der Waals surface area contributed by atoms with Crippen LogP contribution in [-0.4, -0.2) is 14.2 Å². The van der Waals surface area contributed by atoms with Gasteiger partial charge in [0, 0.05) is 31.4 Å². The van der Waals surface area contributed by atoms with Gasteiger partial charge in [-0.25, -0.2) is 0 Å². The van der Waals surface area contributed by atoms with Crippen LogP contribution in [0.4, 0.5) is 0 Å². The van der Waals surface area contributed by atoms with Gasteiger partial charge in [-0.2, -0.15) is 9.61 Å². The summed E-state index contributed by atoms with van der Waals surface area (Å²) in [7, 11) is 1.89. The van der Waals surface area contributed by atoms with E-state index in [0.29, 0.717) is 6.54 Å². The van der Waals surface area contributed by atoms with Crippen LogP contribution >= 0.6 is 11.3 Å². The van der Waals surface area contributed by atoms with Gasteiger partial charge in [-0.15, -0.1) is 11.3 Å². The summed E-state index contributed by atoms with van der Waals surface area (Å²) >= 11 is 1.60. The van der Waals surface area contributed by atoms with E-state index in [9.17, 15) is 4.79 Å². The molecular weight excluding hydrogens is 248 g/mol. The predicted octanol–water partition coefficient (Wildman–Crippen LogP) is 1.22. The van der Waals surface area contributed by atoms with E-state index < -0.39 is 0 Å². The van der Waals surface area contributed by atoms with Crippen molar-refractivity contribution < 1.29 is 0 Å². The minimum absolute atomic E-state index is 0.147. The second kappa shape index (κ2) is 4.08. The third-order valence-corrected chi connectivity index (χ3v) is 3.84. The Balaban J connectivity index is 2.33. The monoisotopic (exact) mass is 260 g/mol. The van der Waals surface area contributed by atoms with E-state index in [1.807, 2.05) is 35.2 Å². The van der Waals surface area contributed by atoms with Crippen LogP contribution < -0.4 is 11.3 Å². The summed E-state index contributed by atoms with van der Waals surface area (Å²) in [6.07, 6.45) is 0. The van der Waals surface area contributed by atoms with E-state index >= 15 is 0 Å². The first kappa shape index (κ1) is 11.2. The molecule has 0 aliphatic heterocycles. The van der Waals surface area contributed by atoms with Crippen LogP contribution in [0.25, 0.3) is 16.2 Å². The normalized spacial score (nSPS) is 11.2. The minimum Gasteiger partial charge on any atom is -0.331 e. The number of fused-ring (bicyclic) bond motifs is 1. The second-order valence-electron chi connectivity index (χ2n) is 4.01. The zero-order chi connectivity index (χ0) is 12.7. The van der Waals surface area contributed by atoms with Crippen LogP contribution in [0.15, 0.2) is 34.4 Å². The van der Waals surface area contributed by atoms with Gasteiger partial charge < -0.3 is 10.3 Å². The molecule has 0 unspecified atom stereocenters. The summed E-state index contributed by atoms with van der Waals surface area (Å²) < 4.78 is 3.31. The smallest absolute Gasteiger partial charge is 0.274 e. The highest BCUT2D eigenvalue weighted by atomic mass is 32.1. The van der Waals surface area contributed by atoms with Gasteiger partial charge in [0.2, 0.25) is 0 Å². The van der Waals surface area contributed by atoms with Crippen molar-refractivity contribution in [1.82, 2.24) is 14.2 Å². The molecule has 0 fully saturated rings. The van der Waals surface area contributed by atoms with Crippen LogP contribution in [0, 0.1) is 0 Å². The van der Waals surface area contributed by atoms with Crippen molar-refractivity contribution in [3.63, 3.8) is 0 Å².